The number of ether oxygens (including phenoxy) is 1. The Balaban J connectivity index is 2.53. The Bertz CT molecular complexity index is 207. The summed E-state index contributed by atoms with van der Waals surface area (Å²) < 4.78 is 5.16. The normalized spacial score (nSPS) is 20.6. The van der Waals surface area contributed by atoms with Crippen molar-refractivity contribution in [1.29, 1.82) is 0 Å². The highest BCUT2D eigenvalue weighted by atomic mass is 16.5. The Hall–Kier alpha value is -0.990. The van der Waals surface area contributed by atoms with Crippen molar-refractivity contribution in [3.63, 3.8) is 0 Å². The van der Waals surface area contributed by atoms with E-state index in [1.54, 1.807) is 4.90 Å². The minimum absolute atomic E-state index is 0.0121. The van der Waals surface area contributed by atoms with Gasteiger partial charge in [-0.05, 0) is 20.8 Å². The number of rotatable bonds is 3. The Morgan fingerprint density at radius 2 is 2.08 bits per heavy atom. The van der Waals surface area contributed by atoms with Crippen LogP contribution in [0.2, 0.25) is 0 Å². The van der Waals surface area contributed by atoms with Gasteiger partial charge in [0.05, 0.1) is 0 Å². The first kappa shape index (κ1) is 9.10. The number of hydrogen-bond acceptors (Lipinski definition) is 2. The van der Waals surface area contributed by atoms with E-state index >= 15 is 0 Å². The lowest BCUT2D eigenvalue weighted by molar-refractivity contribution is -0.132. The van der Waals surface area contributed by atoms with Crippen LogP contribution in [0.3, 0.4) is 0 Å². The summed E-state index contributed by atoms with van der Waals surface area (Å²) in [6.07, 6.45) is 1.96. The molecule has 68 valence electrons. The first-order chi connectivity index (χ1) is 5.69. The third kappa shape index (κ3) is 1.60. The number of amides is 1. The molecule has 12 heavy (non-hydrogen) atoms. The van der Waals surface area contributed by atoms with Gasteiger partial charge in [-0.25, -0.2) is 0 Å². The summed E-state index contributed by atoms with van der Waals surface area (Å²) >= 11 is 0. The van der Waals surface area contributed by atoms with Gasteiger partial charge in [0.2, 0.25) is 0 Å². The first-order valence-electron chi connectivity index (χ1n) is 4.36. The molecule has 1 atom stereocenters. The van der Waals surface area contributed by atoms with E-state index in [9.17, 15) is 4.79 Å². The van der Waals surface area contributed by atoms with Crippen LogP contribution in [0.15, 0.2) is 11.8 Å². The van der Waals surface area contributed by atoms with E-state index in [2.05, 4.69) is 0 Å². The molecule has 3 nitrogen and oxygen atoms in total. The van der Waals surface area contributed by atoms with E-state index in [0.29, 0.717) is 5.76 Å². The van der Waals surface area contributed by atoms with E-state index < -0.39 is 0 Å². The fourth-order valence-electron chi connectivity index (χ4n) is 1.20. The van der Waals surface area contributed by atoms with Gasteiger partial charge >= 0.3 is 0 Å². The van der Waals surface area contributed by atoms with Crippen molar-refractivity contribution in [3.05, 3.63) is 11.8 Å². The molecular weight excluding hydrogens is 154 g/mol. The highest BCUT2D eigenvalue weighted by Gasteiger charge is 2.25. The summed E-state index contributed by atoms with van der Waals surface area (Å²) in [7, 11) is 0. The highest BCUT2D eigenvalue weighted by molar-refractivity contribution is 5.92. The van der Waals surface area contributed by atoms with Crippen LogP contribution in [0.4, 0.5) is 0 Å². The molecule has 1 amide bonds. The lowest BCUT2D eigenvalue weighted by Gasteiger charge is -2.27. The summed E-state index contributed by atoms with van der Waals surface area (Å²) in [5, 5.41) is 0. The predicted molar refractivity (Wildman–Crippen MR) is 46.6 cm³/mol. The van der Waals surface area contributed by atoms with Gasteiger partial charge in [-0.1, -0.05) is 0 Å². The smallest absolute Gasteiger partial charge is 0.288 e. The summed E-state index contributed by atoms with van der Waals surface area (Å²) in [4.78, 5) is 13.2. The third-order valence-corrected chi connectivity index (χ3v) is 1.96. The zero-order chi connectivity index (χ0) is 9.14. The Morgan fingerprint density at radius 3 is 2.42 bits per heavy atom. The minimum Gasteiger partial charge on any atom is -0.481 e. The van der Waals surface area contributed by atoms with E-state index in [0.717, 1.165) is 13.1 Å². The van der Waals surface area contributed by atoms with E-state index in [1.165, 1.54) is 0 Å². The highest BCUT2D eigenvalue weighted by Crippen LogP contribution is 2.18. The number of carbonyl (C=O) groups excluding carboxylic acids is 1. The van der Waals surface area contributed by atoms with Gasteiger partial charge in [-0.2, -0.15) is 0 Å². The maximum atomic E-state index is 11.5. The van der Waals surface area contributed by atoms with Crippen molar-refractivity contribution in [3.8, 4) is 0 Å². The Kier molecular flexibility index (Phi) is 2.74. The second-order valence-electron chi connectivity index (χ2n) is 2.83. The van der Waals surface area contributed by atoms with Gasteiger partial charge in [-0.15, -0.1) is 0 Å². The van der Waals surface area contributed by atoms with Crippen LogP contribution in [0.25, 0.3) is 0 Å². The molecule has 0 aromatic carbocycles. The molecule has 0 aliphatic carbocycles. The summed E-state index contributed by atoms with van der Waals surface area (Å²) in [6.45, 7) is 7.32. The quantitative estimate of drug-likeness (QED) is 0.634. The van der Waals surface area contributed by atoms with Gasteiger partial charge in [0.25, 0.3) is 5.91 Å². The van der Waals surface area contributed by atoms with E-state index in [1.807, 2.05) is 26.8 Å². The summed E-state index contributed by atoms with van der Waals surface area (Å²) in [5.74, 6) is 0.518. The van der Waals surface area contributed by atoms with Crippen LogP contribution in [-0.4, -0.2) is 30.0 Å². The molecule has 1 rings (SSSR count). The fraction of sp³-hybridized carbons (Fsp3) is 0.667. The zero-order valence-electron chi connectivity index (χ0n) is 7.83. The second-order valence-corrected chi connectivity index (χ2v) is 2.83. The molecule has 1 aliphatic heterocycles. The van der Waals surface area contributed by atoms with E-state index in [4.69, 9.17) is 4.74 Å². The molecule has 0 radical (unpaired) electrons. The lowest BCUT2D eigenvalue weighted by Crippen LogP contribution is -2.36. The molecule has 0 saturated carbocycles. The minimum atomic E-state index is 0.0121. The first-order valence-corrected chi connectivity index (χ1v) is 4.36. The summed E-state index contributed by atoms with van der Waals surface area (Å²) in [6, 6.07) is 0. The van der Waals surface area contributed by atoms with Crippen molar-refractivity contribution < 1.29 is 9.53 Å². The standard InChI is InChI=1S/C9H15NO2/c1-4-10(5-2)9(11)8-6-7(3)12-8/h6-7H,4-5H2,1-3H3. The third-order valence-electron chi connectivity index (χ3n) is 1.96. The average molecular weight is 169 g/mol. The molecule has 0 aromatic heterocycles. The van der Waals surface area contributed by atoms with Crippen LogP contribution < -0.4 is 0 Å². The molecular formula is C9H15NO2. The van der Waals surface area contributed by atoms with Crippen LogP contribution in [0, 0.1) is 0 Å². The number of hydrogen-bond donors (Lipinski definition) is 0. The second kappa shape index (κ2) is 3.61. The molecule has 0 bridgehead atoms. The van der Waals surface area contributed by atoms with Crippen molar-refractivity contribution >= 4 is 5.91 Å². The molecule has 0 aromatic rings. The van der Waals surface area contributed by atoms with E-state index in [-0.39, 0.29) is 12.0 Å². The van der Waals surface area contributed by atoms with Gasteiger partial charge in [0, 0.05) is 19.2 Å². The molecule has 0 fully saturated rings. The fourth-order valence-corrected chi connectivity index (χ4v) is 1.20. The van der Waals surface area contributed by atoms with Crippen LogP contribution in [0.1, 0.15) is 20.8 Å². The van der Waals surface area contributed by atoms with Gasteiger partial charge in [0.1, 0.15) is 6.10 Å². The predicted octanol–water partition coefficient (Wildman–Crippen LogP) is 1.16. The Labute approximate surface area is 73.0 Å². The Morgan fingerprint density at radius 1 is 1.58 bits per heavy atom. The molecule has 0 spiro atoms. The van der Waals surface area contributed by atoms with Crippen molar-refractivity contribution in [2.45, 2.75) is 26.9 Å². The van der Waals surface area contributed by atoms with Crippen molar-refractivity contribution in [2.75, 3.05) is 13.1 Å². The SMILES string of the molecule is CCN(CC)C(=O)C1=CC(C)O1. The average Bonchev–Trinajstić information content (AvgIpc) is 2.01. The molecule has 0 N–H and O–H groups in total. The topological polar surface area (TPSA) is 29.5 Å². The maximum absolute atomic E-state index is 11.5. The number of likely N-dealkylation sites (N-methyl/N-ethyl adjacent to an activating group) is 1. The lowest BCUT2D eigenvalue weighted by atomic mass is 10.2. The molecule has 1 heterocycles. The number of carbonyl (C=O) groups is 1. The maximum Gasteiger partial charge on any atom is 0.288 e. The largest absolute Gasteiger partial charge is 0.481 e. The van der Waals surface area contributed by atoms with Gasteiger partial charge in [0.15, 0.2) is 5.76 Å². The van der Waals surface area contributed by atoms with Crippen molar-refractivity contribution in [2.24, 2.45) is 0 Å². The van der Waals surface area contributed by atoms with Crippen LogP contribution >= 0.6 is 0 Å². The molecule has 3 heteroatoms. The summed E-state index contributed by atoms with van der Waals surface area (Å²) in [5.41, 5.74) is 0. The zero-order valence-corrected chi connectivity index (χ0v) is 7.83. The van der Waals surface area contributed by atoms with Crippen molar-refractivity contribution in [1.82, 2.24) is 4.90 Å². The molecule has 0 saturated heterocycles. The molecule has 1 aliphatic rings. The van der Waals surface area contributed by atoms with Crippen LogP contribution in [0.5, 0.6) is 0 Å². The van der Waals surface area contributed by atoms with Gasteiger partial charge < -0.3 is 9.64 Å². The monoisotopic (exact) mass is 169 g/mol. The molecule has 1 unspecified atom stereocenters. The van der Waals surface area contributed by atoms with Gasteiger partial charge in [-0.3, -0.25) is 4.79 Å². The van der Waals surface area contributed by atoms with Crippen LogP contribution in [-0.2, 0) is 9.53 Å². The number of nitrogens with zero attached hydrogens (tertiary/aromatic N) is 1.